The van der Waals surface area contributed by atoms with Crippen molar-refractivity contribution in [1.29, 1.82) is 0 Å². The van der Waals surface area contributed by atoms with Crippen LogP contribution in [-0.2, 0) is 16.6 Å². The third kappa shape index (κ3) is 5.49. The zero-order chi connectivity index (χ0) is 22.3. The van der Waals surface area contributed by atoms with Crippen LogP contribution in [0.5, 0.6) is 17.2 Å². The SMILES string of the molecule is COc1cc(CCC(=O)NCC2(c3ccc(F)cc3)CCCCC2)cc(OC)c1OC. The van der Waals surface area contributed by atoms with Crippen molar-refractivity contribution in [1.82, 2.24) is 5.32 Å². The van der Waals surface area contributed by atoms with Gasteiger partial charge in [0, 0.05) is 18.4 Å². The lowest BCUT2D eigenvalue weighted by Crippen LogP contribution is -2.42. The summed E-state index contributed by atoms with van der Waals surface area (Å²) in [5.41, 5.74) is 1.93. The van der Waals surface area contributed by atoms with E-state index in [9.17, 15) is 9.18 Å². The van der Waals surface area contributed by atoms with Gasteiger partial charge in [-0.05, 0) is 54.7 Å². The molecule has 0 spiro atoms. The molecule has 6 heteroatoms. The molecule has 1 amide bonds. The number of nitrogens with one attached hydrogen (secondary N) is 1. The first kappa shape index (κ1) is 22.9. The summed E-state index contributed by atoms with van der Waals surface area (Å²) in [6.07, 6.45) is 6.39. The van der Waals surface area contributed by atoms with E-state index in [-0.39, 0.29) is 17.1 Å². The Morgan fingerprint density at radius 2 is 1.58 bits per heavy atom. The topological polar surface area (TPSA) is 56.8 Å². The van der Waals surface area contributed by atoms with Crippen molar-refractivity contribution in [3.63, 3.8) is 0 Å². The molecule has 1 N–H and O–H groups in total. The van der Waals surface area contributed by atoms with Crippen molar-refractivity contribution in [2.24, 2.45) is 0 Å². The smallest absolute Gasteiger partial charge is 0.220 e. The van der Waals surface area contributed by atoms with Gasteiger partial charge in [0.2, 0.25) is 11.7 Å². The fourth-order valence-electron chi connectivity index (χ4n) is 4.49. The molecule has 31 heavy (non-hydrogen) atoms. The van der Waals surface area contributed by atoms with E-state index in [0.717, 1.165) is 36.8 Å². The van der Waals surface area contributed by atoms with Crippen LogP contribution in [0.15, 0.2) is 36.4 Å². The van der Waals surface area contributed by atoms with Gasteiger partial charge >= 0.3 is 0 Å². The number of aryl methyl sites for hydroxylation is 1. The highest BCUT2D eigenvalue weighted by atomic mass is 19.1. The minimum atomic E-state index is -0.232. The molecule has 2 aromatic carbocycles. The highest BCUT2D eigenvalue weighted by molar-refractivity contribution is 5.76. The molecule has 0 saturated heterocycles. The molecule has 3 rings (SSSR count). The number of methoxy groups -OCH3 is 3. The average Bonchev–Trinajstić information content (AvgIpc) is 2.81. The van der Waals surface area contributed by atoms with Crippen LogP contribution in [0.2, 0.25) is 0 Å². The van der Waals surface area contributed by atoms with Crippen LogP contribution in [0.3, 0.4) is 0 Å². The van der Waals surface area contributed by atoms with Crippen LogP contribution in [0, 0.1) is 5.82 Å². The van der Waals surface area contributed by atoms with E-state index in [1.54, 1.807) is 21.3 Å². The second-order valence-electron chi connectivity index (χ2n) is 8.16. The third-order valence-corrected chi connectivity index (χ3v) is 6.26. The molecule has 1 fully saturated rings. The van der Waals surface area contributed by atoms with Crippen molar-refractivity contribution in [3.05, 3.63) is 53.3 Å². The summed E-state index contributed by atoms with van der Waals surface area (Å²) < 4.78 is 29.5. The number of carbonyl (C=O) groups excluding carboxylic acids is 1. The first-order chi connectivity index (χ1) is 15.0. The Hall–Kier alpha value is -2.76. The number of amides is 1. The van der Waals surface area contributed by atoms with Crippen LogP contribution in [0.25, 0.3) is 0 Å². The Bertz CT molecular complexity index is 851. The molecule has 0 radical (unpaired) electrons. The molecule has 0 unspecified atom stereocenters. The summed E-state index contributed by atoms with van der Waals surface area (Å²) in [6.45, 7) is 0.576. The van der Waals surface area contributed by atoms with Crippen molar-refractivity contribution < 1.29 is 23.4 Å². The average molecular weight is 430 g/mol. The third-order valence-electron chi connectivity index (χ3n) is 6.26. The van der Waals surface area contributed by atoms with Crippen molar-refractivity contribution in [2.75, 3.05) is 27.9 Å². The van der Waals surface area contributed by atoms with E-state index < -0.39 is 0 Å². The Morgan fingerprint density at radius 3 is 2.13 bits per heavy atom. The molecule has 1 aliphatic rings. The lowest BCUT2D eigenvalue weighted by atomic mass is 9.69. The Kier molecular flexibility index (Phi) is 7.77. The molecule has 1 aliphatic carbocycles. The molecule has 0 bridgehead atoms. The normalized spacial score (nSPS) is 15.2. The van der Waals surface area contributed by atoms with Gasteiger partial charge in [0.1, 0.15) is 5.82 Å². The highest BCUT2D eigenvalue weighted by Gasteiger charge is 2.34. The maximum Gasteiger partial charge on any atom is 0.220 e. The van der Waals surface area contributed by atoms with Crippen molar-refractivity contribution in [3.8, 4) is 17.2 Å². The Morgan fingerprint density at radius 1 is 0.968 bits per heavy atom. The van der Waals surface area contributed by atoms with Crippen LogP contribution in [-0.4, -0.2) is 33.8 Å². The minimum absolute atomic E-state index is 0.000752. The number of benzene rings is 2. The van der Waals surface area contributed by atoms with Crippen LogP contribution < -0.4 is 19.5 Å². The summed E-state index contributed by atoms with van der Waals surface area (Å²) >= 11 is 0. The number of ether oxygens (including phenoxy) is 3. The number of hydrogen-bond donors (Lipinski definition) is 1. The number of rotatable bonds is 9. The van der Waals surface area contributed by atoms with Gasteiger partial charge in [-0.2, -0.15) is 0 Å². The number of carbonyl (C=O) groups is 1. The molecule has 0 atom stereocenters. The molecular formula is C25H32FNO4. The second-order valence-corrected chi connectivity index (χ2v) is 8.16. The van der Waals surface area contributed by atoms with E-state index in [2.05, 4.69) is 5.32 Å². The van der Waals surface area contributed by atoms with Gasteiger partial charge in [-0.15, -0.1) is 0 Å². The molecule has 5 nitrogen and oxygen atoms in total. The second kappa shape index (κ2) is 10.5. The first-order valence-electron chi connectivity index (χ1n) is 10.8. The van der Waals surface area contributed by atoms with Crippen molar-refractivity contribution >= 4 is 5.91 Å². The summed E-state index contributed by atoms with van der Waals surface area (Å²) in [6, 6.07) is 10.5. The van der Waals surface area contributed by atoms with Gasteiger partial charge < -0.3 is 19.5 Å². The van der Waals surface area contributed by atoms with E-state index in [1.165, 1.54) is 18.6 Å². The lowest BCUT2D eigenvalue weighted by molar-refractivity contribution is -0.121. The number of hydrogen-bond acceptors (Lipinski definition) is 4. The first-order valence-corrected chi connectivity index (χ1v) is 10.8. The zero-order valence-corrected chi connectivity index (χ0v) is 18.6. The van der Waals surface area contributed by atoms with E-state index in [4.69, 9.17) is 14.2 Å². The standard InChI is InChI=1S/C25H32FNO4/c1-29-21-15-18(16-22(30-2)24(21)31-3)7-12-23(28)27-17-25(13-5-4-6-14-25)19-8-10-20(26)11-9-19/h8-11,15-16H,4-7,12-14,17H2,1-3H3,(H,27,28). The summed E-state index contributed by atoms with van der Waals surface area (Å²) in [4.78, 5) is 12.7. The summed E-state index contributed by atoms with van der Waals surface area (Å²) in [7, 11) is 4.72. The fourth-order valence-corrected chi connectivity index (χ4v) is 4.49. The monoisotopic (exact) mass is 429 g/mol. The van der Waals surface area contributed by atoms with Crippen molar-refractivity contribution in [2.45, 2.75) is 50.4 Å². The predicted molar refractivity (Wildman–Crippen MR) is 119 cm³/mol. The highest BCUT2D eigenvalue weighted by Crippen LogP contribution is 2.40. The summed E-state index contributed by atoms with van der Waals surface area (Å²) in [5, 5.41) is 3.14. The maximum absolute atomic E-state index is 13.4. The minimum Gasteiger partial charge on any atom is -0.493 e. The van der Waals surface area contributed by atoms with Gasteiger partial charge in [0.15, 0.2) is 11.5 Å². The van der Waals surface area contributed by atoms with Gasteiger partial charge in [-0.25, -0.2) is 4.39 Å². The summed E-state index contributed by atoms with van der Waals surface area (Å²) in [5.74, 6) is 1.46. The van der Waals surface area contributed by atoms with Crippen LogP contribution in [0.4, 0.5) is 4.39 Å². The van der Waals surface area contributed by atoms with Gasteiger partial charge in [0.25, 0.3) is 0 Å². The largest absolute Gasteiger partial charge is 0.493 e. The molecule has 1 saturated carbocycles. The molecule has 0 heterocycles. The molecular weight excluding hydrogens is 397 g/mol. The van der Waals surface area contributed by atoms with E-state index >= 15 is 0 Å². The van der Waals surface area contributed by atoms with Crippen LogP contribution in [0.1, 0.15) is 49.7 Å². The lowest BCUT2D eigenvalue weighted by Gasteiger charge is -2.38. The maximum atomic E-state index is 13.4. The quantitative estimate of drug-likeness (QED) is 0.622. The van der Waals surface area contributed by atoms with Gasteiger partial charge in [-0.1, -0.05) is 31.4 Å². The van der Waals surface area contributed by atoms with E-state index in [0.29, 0.717) is 36.6 Å². The molecule has 0 aromatic heterocycles. The number of halogens is 1. The van der Waals surface area contributed by atoms with Crippen LogP contribution >= 0.6 is 0 Å². The van der Waals surface area contributed by atoms with E-state index in [1.807, 2.05) is 24.3 Å². The predicted octanol–water partition coefficient (Wildman–Crippen LogP) is 4.80. The van der Waals surface area contributed by atoms with Gasteiger partial charge in [-0.3, -0.25) is 4.79 Å². The molecule has 0 aliphatic heterocycles. The Labute approximate surface area is 183 Å². The fraction of sp³-hybridized carbons (Fsp3) is 0.480. The Balaban J connectivity index is 1.64. The molecule has 2 aromatic rings. The molecule has 168 valence electrons. The zero-order valence-electron chi connectivity index (χ0n) is 18.6. The van der Waals surface area contributed by atoms with Gasteiger partial charge in [0.05, 0.1) is 21.3 Å².